The van der Waals surface area contributed by atoms with Crippen LogP contribution in [-0.2, 0) is 14.3 Å². The standard InChI is InChI=1S/C27H37N3O5/c1-8-30(25(32)22(18(2)3)29-26(33)35-27(4,5)6)23(19-12-10-9-11-13-19)24(31)28-20-14-16-21(34-7)17-15-20/h9-18,22-23H,8H2,1-7H3,(H,28,31)(H,29,33). The van der Waals surface area contributed by atoms with Gasteiger partial charge in [-0.3, -0.25) is 9.59 Å². The molecular weight excluding hydrogens is 446 g/mol. The van der Waals surface area contributed by atoms with Gasteiger partial charge in [0.05, 0.1) is 7.11 Å². The van der Waals surface area contributed by atoms with Crippen LogP contribution in [0.3, 0.4) is 0 Å². The largest absolute Gasteiger partial charge is 0.497 e. The summed E-state index contributed by atoms with van der Waals surface area (Å²) in [5.41, 5.74) is 0.533. The van der Waals surface area contributed by atoms with Crippen molar-refractivity contribution in [1.82, 2.24) is 10.2 Å². The highest BCUT2D eigenvalue weighted by atomic mass is 16.6. The summed E-state index contributed by atoms with van der Waals surface area (Å²) in [4.78, 5) is 41.2. The molecule has 0 aliphatic carbocycles. The number of hydrogen-bond acceptors (Lipinski definition) is 5. The summed E-state index contributed by atoms with van der Waals surface area (Å²) in [5, 5.41) is 5.60. The van der Waals surface area contributed by atoms with Gasteiger partial charge < -0.3 is 25.0 Å². The summed E-state index contributed by atoms with van der Waals surface area (Å²) in [5.74, 6) is -0.297. The van der Waals surface area contributed by atoms with Crippen molar-refractivity contribution in [3.63, 3.8) is 0 Å². The number of hydrogen-bond donors (Lipinski definition) is 2. The minimum absolute atomic E-state index is 0.231. The number of amides is 3. The molecule has 8 heteroatoms. The third-order valence-electron chi connectivity index (χ3n) is 5.26. The Morgan fingerprint density at radius 3 is 2.06 bits per heavy atom. The molecule has 0 saturated carbocycles. The molecular formula is C27H37N3O5. The molecule has 0 radical (unpaired) electrons. The third kappa shape index (κ3) is 8.02. The van der Waals surface area contributed by atoms with Gasteiger partial charge in [-0.05, 0) is 63.4 Å². The second kappa shape index (κ2) is 12.2. The van der Waals surface area contributed by atoms with Gasteiger partial charge in [-0.25, -0.2) is 4.79 Å². The second-order valence-electron chi connectivity index (χ2n) is 9.52. The van der Waals surface area contributed by atoms with E-state index in [1.54, 1.807) is 71.2 Å². The van der Waals surface area contributed by atoms with E-state index in [0.29, 0.717) is 17.0 Å². The number of rotatable bonds is 9. The lowest BCUT2D eigenvalue weighted by Crippen LogP contribution is -2.54. The first-order valence-electron chi connectivity index (χ1n) is 11.8. The van der Waals surface area contributed by atoms with Crippen LogP contribution in [0, 0.1) is 5.92 Å². The average molecular weight is 484 g/mol. The summed E-state index contributed by atoms with van der Waals surface area (Å²) < 4.78 is 10.5. The topological polar surface area (TPSA) is 97.0 Å². The lowest BCUT2D eigenvalue weighted by molar-refractivity contribution is -0.141. The molecule has 0 aliphatic rings. The number of methoxy groups -OCH3 is 1. The van der Waals surface area contributed by atoms with E-state index in [1.807, 2.05) is 32.0 Å². The molecule has 35 heavy (non-hydrogen) atoms. The van der Waals surface area contributed by atoms with Crippen LogP contribution in [0.2, 0.25) is 0 Å². The second-order valence-corrected chi connectivity index (χ2v) is 9.52. The molecule has 190 valence electrons. The van der Waals surface area contributed by atoms with Crippen LogP contribution < -0.4 is 15.4 Å². The van der Waals surface area contributed by atoms with Crippen molar-refractivity contribution in [3.05, 3.63) is 60.2 Å². The maximum atomic E-state index is 13.7. The van der Waals surface area contributed by atoms with Gasteiger partial charge in [-0.15, -0.1) is 0 Å². The Morgan fingerprint density at radius 2 is 1.57 bits per heavy atom. The van der Waals surface area contributed by atoms with Crippen LogP contribution in [0.5, 0.6) is 5.75 Å². The number of nitrogens with one attached hydrogen (secondary N) is 2. The predicted octanol–water partition coefficient (Wildman–Crippen LogP) is 4.77. The van der Waals surface area contributed by atoms with Gasteiger partial charge in [0.15, 0.2) is 0 Å². The fraction of sp³-hybridized carbons (Fsp3) is 0.444. The quantitative estimate of drug-likeness (QED) is 0.535. The number of likely N-dealkylation sites (N-methyl/N-ethyl adjacent to an activating group) is 1. The normalized spacial score (nSPS) is 12.9. The van der Waals surface area contributed by atoms with Gasteiger partial charge in [0.25, 0.3) is 5.91 Å². The fourth-order valence-electron chi connectivity index (χ4n) is 3.59. The number of carbonyl (C=O) groups excluding carboxylic acids is 3. The number of nitrogens with zero attached hydrogens (tertiary/aromatic N) is 1. The lowest BCUT2D eigenvalue weighted by atomic mass is 9.99. The molecule has 2 aromatic rings. The molecule has 2 unspecified atom stereocenters. The first kappa shape index (κ1) is 27.7. The Balaban J connectivity index is 2.37. The zero-order valence-electron chi connectivity index (χ0n) is 21.6. The maximum Gasteiger partial charge on any atom is 0.408 e. The van der Waals surface area contributed by atoms with E-state index in [1.165, 1.54) is 4.90 Å². The monoisotopic (exact) mass is 483 g/mol. The van der Waals surface area contributed by atoms with Crippen LogP contribution in [0.25, 0.3) is 0 Å². The van der Waals surface area contributed by atoms with Gasteiger partial charge in [-0.1, -0.05) is 44.2 Å². The highest BCUT2D eigenvalue weighted by Crippen LogP contribution is 2.26. The molecule has 0 saturated heterocycles. The molecule has 8 nitrogen and oxygen atoms in total. The molecule has 2 rings (SSSR count). The minimum atomic E-state index is -0.905. The summed E-state index contributed by atoms with van der Waals surface area (Å²) >= 11 is 0. The van der Waals surface area contributed by atoms with Crippen LogP contribution in [0.1, 0.15) is 53.1 Å². The fourth-order valence-corrected chi connectivity index (χ4v) is 3.59. The molecule has 2 aromatic carbocycles. The molecule has 0 fully saturated rings. The summed E-state index contributed by atoms with van der Waals surface area (Å²) in [6.45, 7) is 11.0. The summed E-state index contributed by atoms with van der Waals surface area (Å²) in [6.07, 6.45) is -0.681. The van der Waals surface area contributed by atoms with Crippen LogP contribution >= 0.6 is 0 Å². The third-order valence-corrected chi connectivity index (χ3v) is 5.26. The van der Waals surface area contributed by atoms with E-state index in [2.05, 4.69) is 10.6 Å². The summed E-state index contributed by atoms with van der Waals surface area (Å²) in [7, 11) is 1.57. The highest BCUT2D eigenvalue weighted by Gasteiger charge is 2.36. The van der Waals surface area contributed by atoms with Gasteiger partial charge in [0.1, 0.15) is 23.4 Å². The number of ether oxygens (including phenoxy) is 2. The van der Waals surface area contributed by atoms with Crippen LogP contribution in [0.4, 0.5) is 10.5 Å². The molecule has 0 bridgehead atoms. The molecule has 3 amide bonds. The summed E-state index contributed by atoms with van der Waals surface area (Å²) in [6, 6.07) is 14.3. The van der Waals surface area contributed by atoms with Crippen molar-refractivity contribution < 1.29 is 23.9 Å². The van der Waals surface area contributed by atoms with Crippen molar-refractivity contribution in [2.75, 3.05) is 19.0 Å². The number of benzene rings is 2. The van der Waals surface area contributed by atoms with Gasteiger partial charge in [0, 0.05) is 12.2 Å². The van der Waals surface area contributed by atoms with Crippen LogP contribution in [0.15, 0.2) is 54.6 Å². The predicted molar refractivity (Wildman–Crippen MR) is 136 cm³/mol. The van der Waals surface area contributed by atoms with Crippen molar-refractivity contribution in [1.29, 1.82) is 0 Å². The Kier molecular flexibility index (Phi) is 9.68. The smallest absolute Gasteiger partial charge is 0.408 e. The molecule has 2 atom stereocenters. The van der Waals surface area contributed by atoms with E-state index in [-0.39, 0.29) is 24.3 Å². The number of carbonyl (C=O) groups is 3. The van der Waals surface area contributed by atoms with Crippen molar-refractivity contribution >= 4 is 23.6 Å². The van der Waals surface area contributed by atoms with Crippen LogP contribution in [-0.4, -0.2) is 48.1 Å². The average Bonchev–Trinajstić information content (AvgIpc) is 2.80. The first-order chi connectivity index (χ1) is 16.5. The first-order valence-corrected chi connectivity index (χ1v) is 11.8. The highest BCUT2D eigenvalue weighted by molar-refractivity contribution is 5.99. The Labute approximate surface area is 208 Å². The van der Waals surface area contributed by atoms with Gasteiger partial charge in [0.2, 0.25) is 5.91 Å². The molecule has 0 aliphatic heterocycles. The van der Waals surface area contributed by atoms with Crippen molar-refractivity contribution in [3.8, 4) is 5.75 Å². The Bertz CT molecular complexity index is 984. The SMILES string of the molecule is CCN(C(=O)C(NC(=O)OC(C)(C)C)C(C)C)C(C(=O)Nc1ccc(OC)cc1)c1ccccc1. The molecule has 0 aromatic heterocycles. The molecule has 0 spiro atoms. The molecule has 0 heterocycles. The van der Waals surface area contributed by atoms with Gasteiger partial charge >= 0.3 is 6.09 Å². The Morgan fingerprint density at radius 1 is 0.971 bits per heavy atom. The van der Waals surface area contributed by atoms with E-state index in [4.69, 9.17) is 9.47 Å². The minimum Gasteiger partial charge on any atom is -0.497 e. The number of anilines is 1. The number of alkyl carbamates (subject to hydrolysis) is 1. The maximum absolute atomic E-state index is 13.7. The Hall–Kier alpha value is -3.55. The van der Waals surface area contributed by atoms with E-state index in [0.717, 1.165) is 0 Å². The zero-order valence-corrected chi connectivity index (χ0v) is 21.6. The van der Waals surface area contributed by atoms with Gasteiger partial charge in [-0.2, -0.15) is 0 Å². The van der Waals surface area contributed by atoms with E-state index >= 15 is 0 Å². The van der Waals surface area contributed by atoms with E-state index in [9.17, 15) is 14.4 Å². The van der Waals surface area contributed by atoms with Crippen molar-refractivity contribution in [2.45, 2.75) is 59.2 Å². The van der Waals surface area contributed by atoms with E-state index < -0.39 is 23.8 Å². The molecule has 2 N–H and O–H groups in total. The zero-order chi connectivity index (χ0) is 26.2. The lowest BCUT2D eigenvalue weighted by Gasteiger charge is -2.34. The van der Waals surface area contributed by atoms with Crippen molar-refractivity contribution in [2.24, 2.45) is 5.92 Å².